The van der Waals surface area contributed by atoms with E-state index in [1.54, 1.807) is 22.7 Å². The van der Waals surface area contributed by atoms with Gasteiger partial charge in [0.05, 0.1) is 0 Å². The minimum Gasteiger partial charge on any atom is -0.208 e. The molecule has 0 saturated carbocycles. The van der Waals surface area contributed by atoms with Crippen LogP contribution < -0.4 is 0 Å². The van der Waals surface area contributed by atoms with Crippen molar-refractivity contribution in [2.75, 3.05) is 0 Å². The Balaban J connectivity index is 0.915. The minimum atomic E-state index is 0.639. The van der Waals surface area contributed by atoms with E-state index in [-0.39, 0.29) is 0 Å². The summed E-state index contributed by atoms with van der Waals surface area (Å²) in [5.41, 5.74) is 12.3. The number of aromatic nitrogens is 3. The van der Waals surface area contributed by atoms with Crippen molar-refractivity contribution in [2.24, 2.45) is 0 Å². The molecule has 0 radical (unpaired) electrons. The zero-order valence-electron chi connectivity index (χ0n) is 35.5. The maximum atomic E-state index is 5.23. The van der Waals surface area contributed by atoms with Crippen LogP contribution in [0.4, 0.5) is 0 Å². The highest BCUT2D eigenvalue weighted by Crippen LogP contribution is 2.41. The van der Waals surface area contributed by atoms with Gasteiger partial charge < -0.3 is 0 Å². The summed E-state index contributed by atoms with van der Waals surface area (Å²) in [4.78, 5) is 15.7. The number of fused-ring (bicyclic) bond motifs is 7. The van der Waals surface area contributed by atoms with Gasteiger partial charge in [-0.15, -0.1) is 22.7 Å². The number of hydrogen-bond acceptors (Lipinski definition) is 5. The van der Waals surface area contributed by atoms with Gasteiger partial charge in [-0.3, -0.25) is 0 Å². The van der Waals surface area contributed by atoms with Gasteiger partial charge in [0.15, 0.2) is 17.5 Å². The van der Waals surface area contributed by atoms with E-state index < -0.39 is 0 Å². The predicted octanol–water partition coefficient (Wildman–Crippen LogP) is 17.4. The number of benzene rings is 10. The first kappa shape index (κ1) is 38.4. The van der Waals surface area contributed by atoms with Crippen LogP contribution in [0.25, 0.3) is 130 Å². The molecule has 0 spiro atoms. The maximum absolute atomic E-state index is 5.23. The lowest BCUT2D eigenvalue weighted by molar-refractivity contribution is 1.08. The molecule has 0 unspecified atom stereocenters. The third kappa shape index (κ3) is 6.85. The largest absolute Gasteiger partial charge is 0.208 e. The first-order valence-electron chi connectivity index (χ1n) is 22.1. The molecule has 0 amide bonds. The molecule has 13 aromatic rings. The van der Waals surface area contributed by atoms with Crippen molar-refractivity contribution in [2.45, 2.75) is 0 Å². The van der Waals surface area contributed by atoms with Gasteiger partial charge in [0.25, 0.3) is 0 Å². The molecule has 3 aromatic heterocycles. The summed E-state index contributed by atoms with van der Waals surface area (Å²) >= 11 is 3.61. The Hall–Kier alpha value is -8.09. The maximum Gasteiger partial charge on any atom is 0.164 e. The molecule has 66 heavy (non-hydrogen) atoms. The molecule has 5 heteroatoms. The predicted molar refractivity (Wildman–Crippen MR) is 281 cm³/mol. The van der Waals surface area contributed by atoms with E-state index in [4.69, 9.17) is 15.0 Å². The standard InChI is InChI=1S/C61H37N3S2/c1-3-12-38(13-4-1)39-22-24-41(25-23-39)53-34-44-27-26-43(33-48(44)35-54(53)40-14-5-2-6-15-40)42-16-11-17-45(32-42)59-62-60(46-28-30-51-49-18-7-9-20-55(49)65-57(51)36-46)64-61(63-59)47-29-31-52-50-19-8-10-21-56(50)66-58(52)37-47/h1-37H. The lowest BCUT2D eigenvalue weighted by atomic mass is 9.89. The second-order valence-corrected chi connectivity index (χ2v) is 18.9. The third-order valence-corrected chi connectivity index (χ3v) is 15.0. The molecule has 0 N–H and O–H groups in total. The molecule has 0 bridgehead atoms. The molecule has 13 rings (SSSR count). The van der Waals surface area contributed by atoms with Crippen LogP contribution in [0.5, 0.6) is 0 Å². The Morgan fingerprint density at radius 2 is 0.621 bits per heavy atom. The van der Waals surface area contributed by atoms with E-state index in [1.807, 2.05) is 0 Å². The molecular formula is C61H37N3S2. The molecule has 0 aliphatic heterocycles. The molecule has 0 aliphatic carbocycles. The highest BCUT2D eigenvalue weighted by molar-refractivity contribution is 7.26. The van der Waals surface area contributed by atoms with Crippen LogP contribution in [-0.4, -0.2) is 15.0 Å². The molecule has 0 aliphatic rings. The average Bonchev–Trinajstić information content (AvgIpc) is 3.96. The van der Waals surface area contributed by atoms with Gasteiger partial charge in [-0.1, -0.05) is 176 Å². The second-order valence-electron chi connectivity index (χ2n) is 16.8. The minimum absolute atomic E-state index is 0.639. The van der Waals surface area contributed by atoms with E-state index in [0.717, 1.165) is 27.8 Å². The Labute approximate surface area is 389 Å². The fourth-order valence-electron chi connectivity index (χ4n) is 9.38. The van der Waals surface area contributed by atoms with E-state index in [1.165, 1.54) is 84.5 Å². The number of hydrogen-bond donors (Lipinski definition) is 0. The number of nitrogens with zero attached hydrogens (tertiary/aromatic N) is 3. The van der Waals surface area contributed by atoms with Gasteiger partial charge in [0.2, 0.25) is 0 Å². The summed E-state index contributed by atoms with van der Waals surface area (Å²) in [6.07, 6.45) is 0. The van der Waals surface area contributed by atoms with Crippen molar-refractivity contribution in [3.05, 3.63) is 224 Å². The fraction of sp³-hybridized carbons (Fsp3) is 0. The summed E-state index contributed by atoms with van der Waals surface area (Å²) in [5, 5.41) is 7.41. The zero-order valence-corrected chi connectivity index (χ0v) is 37.2. The van der Waals surface area contributed by atoms with Gasteiger partial charge >= 0.3 is 0 Å². The molecule has 308 valence electrons. The Bertz CT molecular complexity index is 3850. The summed E-state index contributed by atoms with van der Waals surface area (Å²) in [6.45, 7) is 0. The Morgan fingerprint density at radius 1 is 0.227 bits per heavy atom. The van der Waals surface area contributed by atoms with E-state index in [2.05, 4.69) is 224 Å². The van der Waals surface area contributed by atoms with Crippen LogP contribution in [0.1, 0.15) is 0 Å². The number of thiophene rings is 2. The van der Waals surface area contributed by atoms with Crippen LogP contribution in [0.3, 0.4) is 0 Å². The molecule has 0 fully saturated rings. The highest BCUT2D eigenvalue weighted by atomic mass is 32.1. The van der Waals surface area contributed by atoms with Gasteiger partial charge in [0, 0.05) is 57.0 Å². The smallest absolute Gasteiger partial charge is 0.164 e. The van der Waals surface area contributed by atoms with Gasteiger partial charge in [-0.2, -0.15) is 0 Å². The lowest BCUT2D eigenvalue weighted by Gasteiger charge is -2.15. The van der Waals surface area contributed by atoms with E-state index >= 15 is 0 Å². The highest BCUT2D eigenvalue weighted by Gasteiger charge is 2.17. The van der Waals surface area contributed by atoms with Crippen LogP contribution in [0.15, 0.2) is 224 Å². The van der Waals surface area contributed by atoms with Crippen LogP contribution in [0, 0.1) is 0 Å². The first-order chi connectivity index (χ1) is 32.6. The van der Waals surface area contributed by atoms with Crippen molar-refractivity contribution in [3.63, 3.8) is 0 Å². The summed E-state index contributed by atoms with van der Waals surface area (Å²) in [7, 11) is 0. The monoisotopic (exact) mass is 875 g/mol. The first-order valence-corrected chi connectivity index (χ1v) is 23.8. The molecule has 0 saturated heterocycles. The summed E-state index contributed by atoms with van der Waals surface area (Å²) < 4.78 is 4.97. The topological polar surface area (TPSA) is 38.7 Å². The zero-order chi connectivity index (χ0) is 43.6. The van der Waals surface area contributed by atoms with Crippen molar-refractivity contribution in [3.8, 4) is 78.7 Å². The fourth-order valence-corrected chi connectivity index (χ4v) is 11.7. The van der Waals surface area contributed by atoms with Gasteiger partial charge in [0.1, 0.15) is 0 Å². The van der Waals surface area contributed by atoms with Crippen molar-refractivity contribution < 1.29 is 0 Å². The van der Waals surface area contributed by atoms with Gasteiger partial charge in [-0.25, -0.2) is 15.0 Å². The quantitative estimate of drug-likeness (QED) is 0.160. The SMILES string of the molecule is c1ccc(-c2ccc(-c3cc4ccc(-c5cccc(-c6nc(-c7ccc8c(c7)sc7ccccc78)nc(-c7ccc8c(c7)sc7ccccc78)n6)c5)cc4cc3-c3ccccc3)cc2)cc1. The van der Waals surface area contributed by atoms with Crippen molar-refractivity contribution in [1.82, 2.24) is 15.0 Å². The molecule has 3 heterocycles. The van der Waals surface area contributed by atoms with E-state index in [0.29, 0.717) is 17.5 Å². The molecule has 0 atom stereocenters. The molecule has 10 aromatic carbocycles. The second kappa shape index (κ2) is 15.9. The van der Waals surface area contributed by atoms with E-state index in [9.17, 15) is 0 Å². The third-order valence-electron chi connectivity index (χ3n) is 12.7. The summed E-state index contributed by atoms with van der Waals surface area (Å²) in [6, 6.07) is 80.8. The average molecular weight is 876 g/mol. The molecule has 3 nitrogen and oxygen atoms in total. The van der Waals surface area contributed by atoms with Crippen molar-refractivity contribution in [1.29, 1.82) is 0 Å². The van der Waals surface area contributed by atoms with Crippen LogP contribution >= 0.6 is 22.7 Å². The van der Waals surface area contributed by atoms with Crippen LogP contribution in [0.2, 0.25) is 0 Å². The Morgan fingerprint density at radius 3 is 1.23 bits per heavy atom. The Kier molecular flexibility index (Phi) is 9.22. The molecular weight excluding hydrogens is 839 g/mol. The normalized spacial score (nSPS) is 11.6. The number of rotatable bonds is 7. The van der Waals surface area contributed by atoms with Crippen molar-refractivity contribution >= 4 is 73.8 Å². The lowest BCUT2D eigenvalue weighted by Crippen LogP contribution is -2.00. The van der Waals surface area contributed by atoms with Gasteiger partial charge in [-0.05, 0) is 104 Å². The van der Waals surface area contributed by atoms with Crippen LogP contribution in [-0.2, 0) is 0 Å². The summed E-state index contributed by atoms with van der Waals surface area (Å²) in [5.74, 6) is 1.95.